The summed E-state index contributed by atoms with van der Waals surface area (Å²) in [5.74, 6) is 0. The molecule has 1 aliphatic carbocycles. The van der Waals surface area contributed by atoms with Crippen LogP contribution in [0, 0.1) is 5.41 Å². The third-order valence-corrected chi connectivity index (χ3v) is 8.19. The van der Waals surface area contributed by atoms with E-state index in [-0.39, 0.29) is 24.0 Å². The van der Waals surface area contributed by atoms with Crippen LogP contribution in [0.25, 0.3) is 0 Å². The van der Waals surface area contributed by atoms with Crippen LogP contribution in [0.15, 0.2) is 53.4 Å². The number of rotatable bonds is 5. The summed E-state index contributed by atoms with van der Waals surface area (Å²) < 4.78 is 26.9. The highest BCUT2D eigenvalue weighted by Crippen LogP contribution is 2.50. The number of hydrogen-bond donors (Lipinski definition) is 2. The van der Waals surface area contributed by atoms with Gasteiger partial charge in [-0.15, -0.1) is 0 Å². The molecule has 2 aromatic carbocycles. The smallest absolute Gasteiger partial charge is 0.315 e. The summed E-state index contributed by atoms with van der Waals surface area (Å²) in [5, 5.41) is 6.82. The molecule has 6 nitrogen and oxygen atoms in total. The van der Waals surface area contributed by atoms with Crippen molar-refractivity contribution in [2.45, 2.75) is 30.3 Å². The molecule has 2 aromatic rings. The number of amides is 2. The van der Waals surface area contributed by atoms with Crippen LogP contribution < -0.4 is 10.6 Å². The number of carbonyl (C=O) groups is 1. The van der Waals surface area contributed by atoms with Crippen LogP contribution in [-0.2, 0) is 16.6 Å². The first-order valence-electron chi connectivity index (χ1n) is 9.34. The van der Waals surface area contributed by atoms with Gasteiger partial charge in [0.15, 0.2) is 0 Å². The number of sulfonamides is 1. The molecule has 1 spiro atoms. The number of nitrogens with zero attached hydrogens (tertiary/aromatic N) is 1. The summed E-state index contributed by atoms with van der Waals surface area (Å²) in [6.45, 7) is 1.15. The number of nitrogens with one attached hydrogen (secondary N) is 2. The summed E-state index contributed by atoms with van der Waals surface area (Å²) >= 11 is 12.0. The minimum absolute atomic E-state index is 0.0367. The predicted octanol–water partition coefficient (Wildman–Crippen LogP) is 3.65. The van der Waals surface area contributed by atoms with Crippen molar-refractivity contribution >= 4 is 39.3 Å². The second-order valence-corrected chi connectivity index (χ2v) is 10.4. The van der Waals surface area contributed by atoms with Gasteiger partial charge in [0.25, 0.3) is 0 Å². The molecular weight excluding hydrogens is 433 g/mol. The maximum Gasteiger partial charge on any atom is 0.315 e. The van der Waals surface area contributed by atoms with Gasteiger partial charge in [0.1, 0.15) is 0 Å². The van der Waals surface area contributed by atoms with Crippen molar-refractivity contribution < 1.29 is 13.2 Å². The van der Waals surface area contributed by atoms with Crippen LogP contribution in [0.4, 0.5) is 4.79 Å². The lowest BCUT2D eigenvalue weighted by Crippen LogP contribution is -2.71. The van der Waals surface area contributed by atoms with Crippen LogP contribution in [0.2, 0.25) is 10.0 Å². The number of halogens is 2. The fourth-order valence-corrected chi connectivity index (χ4v) is 6.05. The Bertz CT molecular complexity index is 1020. The molecule has 29 heavy (non-hydrogen) atoms. The van der Waals surface area contributed by atoms with E-state index in [1.165, 1.54) is 4.31 Å². The van der Waals surface area contributed by atoms with E-state index < -0.39 is 10.0 Å². The van der Waals surface area contributed by atoms with E-state index in [0.717, 1.165) is 18.4 Å². The van der Waals surface area contributed by atoms with Crippen molar-refractivity contribution in [1.29, 1.82) is 0 Å². The van der Waals surface area contributed by atoms with E-state index in [9.17, 15) is 13.2 Å². The second kappa shape index (κ2) is 7.80. The first kappa shape index (κ1) is 20.5. The van der Waals surface area contributed by atoms with Crippen molar-refractivity contribution in [2.75, 3.05) is 13.1 Å². The number of benzene rings is 2. The molecule has 0 radical (unpaired) electrons. The largest absolute Gasteiger partial charge is 0.335 e. The first-order chi connectivity index (χ1) is 13.8. The molecule has 0 aromatic heterocycles. The average Bonchev–Trinajstić information content (AvgIpc) is 2.64. The SMILES string of the molecule is O=C(NCc1ccc(Cl)cc1Cl)NC1CCC12CN(S(=O)(=O)c1ccccc1)C2. The van der Waals surface area contributed by atoms with E-state index in [2.05, 4.69) is 10.6 Å². The molecule has 2 N–H and O–H groups in total. The minimum atomic E-state index is -3.48. The fraction of sp³-hybridized carbons (Fsp3) is 0.350. The summed E-state index contributed by atoms with van der Waals surface area (Å²) in [6.07, 6.45) is 1.75. The number of carbonyl (C=O) groups excluding carboxylic acids is 1. The normalized spacial score (nSPS) is 20.6. The summed E-state index contributed by atoms with van der Waals surface area (Å²) in [5.41, 5.74) is 0.607. The quantitative estimate of drug-likeness (QED) is 0.724. The molecule has 2 aliphatic rings. The molecule has 1 aliphatic heterocycles. The summed E-state index contributed by atoms with van der Waals surface area (Å²) in [4.78, 5) is 12.6. The van der Waals surface area contributed by atoms with Gasteiger partial charge in [-0.1, -0.05) is 47.5 Å². The Morgan fingerprint density at radius 1 is 1.14 bits per heavy atom. The lowest BCUT2D eigenvalue weighted by atomic mass is 9.60. The molecule has 1 saturated carbocycles. The molecular formula is C20H21Cl2N3O3S. The first-order valence-corrected chi connectivity index (χ1v) is 11.5. The van der Waals surface area contributed by atoms with Crippen LogP contribution in [0.5, 0.6) is 0 Å². The van der Waals surface area contributed by atoms with E-state index in [1.807, 2.05) is 0 Å². The average molecular weight is 454 g/mol. The predicted molar refractivity (Wildman–Crippen MR) is 112 cm³/mol. The monoisotopic (exact) mass is 453 g/mol. The maximum atomic E-state index is 12.7. The van der Waals surface area contributed by atoms with Gasteiger partial charge in [-0.2, -0.15) is 4.31 Å². The summed E-state index contributed by atoms with van der Waals surface area (Å²) in [7, 11) is -3.48. The Morgan fingerprint density at radius 3 is 2.48 bits per heavy atom. The van der Waals surface area contributed by atoms with E-state index in [4.69, 9.17) is 23.2 Å². The topological polar surface area (TPSA) is 78.5 Å². The number of urea groups is 1. The zero-order chi connectivity index (χ0) is 20.6. The standard InChI is InChI=1S/C20H21Cl2N3O3S/c21-15-7-6-14(17(22)10-15)11-23-19(26)24-18-8-9-20(18)12-25(13-20)29(27,28)16-4-2-1-3-5-16/h1-7,10,18H,8-9,11-13H2,(H2,23,24,26). The van der Waals surface area contributed by atoms with Crippen molar-refractivity contribution in [1.82, 2.24) is 14.9 Å². The highest BCUT2D eigenvalue weighted by molar-refractivity contribution is 7.89. The highest BCUT2D eigenvalue weighted by atomic mass is 35.5. The lowest BCUT2D eigenvalue weighted by Gasteiger charge is -2.59. The summed E-state index contributed by atoms with van der Waals surface area (Å²) in [6, 6.07) is 13.2. The molecule has 1 atom stereocenters. The van der Waals surface area contributed by atoms with Crippen molar-refractivity contribution in [2.24, 2.45) is 5.41 Å². The van der Waals surface area contributed by atoms with E-state index in [0.29, 0.717) is 28.0 Å². The van der Waals surface area contributed by atoms with E-state index in [1.54, 1.807) is 48.5 Å². The van der Waals surface area contributed by atoms with Gasteiger partial charge < -0.3 is 10.6 Å². The van der Waals surface area contributed by atoms with Crippen molar-refractivity contribution in [3.63, 3.8) is 0 Å². The molecule has 9 heteroatoms. The third kappa shape index (κ3) is 3.97. The van der Waals surface area contributed by atoms with Crippen LogP contribution >= 0.6 is 23.2 Å². The Kier molecular flexibility index (Phi) is 5.50. The van der Waals surface area contributed by atoms with Gasteiger partial charge in [0.2, 0.25) is 10.0 Å². The second-order valence-electron chi connectivity index (χ2n) is 7.60. The molecule has 4 rings (SSSR count). The van der Waals surface area contributed by atoms with Gasteiger partial charge in [-0.05, 0) is 42.7 Å². The lowest BCUT2D eigenvalue weighted by molar-refractivity contribution is -0.0418. The van der Waals surface area contributed by atoms with Gasteiger partial charge in [-0.25, -0.2) is 13.2 Å². The van der Waals surface area contributed by atoms with Crippen LogP contribution in [0.3, 0.4) is 0 Å². The van der Waals surface area contributed by atoms with Gasteiger partial charge >= 0.3 is 6.03 Å². The fourth-order valence-electron chi connectivity index (χ4n) is 3.92. The Balaban J connectivity index is 1.31. The van der Waals surface area contributed by atoms with E-state index >= 15 is 0 Å². The third-order valence-electron chi connectivity index (χ3n) is 5.79. The van der Waals surface area contributed by atoms with Crippen molar-refractivity contribution in [3.05, 3.63) is 64.1 Å². The molecule has 1 saturated heterocycles. The molecule has 0 bridgehead atoms. The van der Waals surface area contributed by atoms with Gasteiger partial charge in [0, 0.05) is 41.1 Å². The molecule has 1 unspecified atom stereocenters. The van der Waals surface area contributed by atoms with Crippen LogP contribution in [-0.4, -0.2) is 37.9 Å². The van der Waals surface area contributed by atoms with Crippen LogP contribution in [0.1, 0.15) is 18.4 Å². The highest BCUT2D eigenvalue weighted by Gasteiger charge is 2.58. The Morgan fingerprint density at radius 2 is 1.86 bits per heavy atom. The molecule has 154 valence electrons. The van der Waals surface area contributed by atoms with Gasteiger partial charge in [-0.3, -0.25) is 0 Å². The molecule has 2 amide bonds. The maximum absolute atomic E-state index is 12.7. The molecule has 1 heterocycles. The zero-order valence-electron chi connectivity index (χ0n) is 15.6. The van der Waals surface area contributed by atoms with Crippen molar-refractivity contribution in [3.8, 4) is 0 Å². The Labute approximate surface area is 180 Å². The zero-order valence-corrected chi connectivity index (χ0v) is 17.9. The minimum Gasteiger partial charge on any atom is -0.335 e. The Hall–Kier alpha value is -1.80. The molecule has 2 fully saturated rings. The van der Waals surface area contributed by atoms with Gasteiger partial charge in [0.05, 0.1) is 4.90 Å². The number of hydrogen-bond acceptors (Lipinski definition) is 3.